The lowest BCUT2D eigenvalue weighted by Crippen LogP contribution is -2.16. The van der Waals surface area contributed by atoms with E-state index in [1.807, 2.05) is 36.4 Å². The third-order valence-corrected chi connectivity index (χ3v) is 6.00. The smallest absolute Gasteiger partial charge is 0.235 e. The molecule has 0 radical (unpaired) electrons. The van der Waals surface area contributed by atoms with Crippen LogP contribution in [0.2, 0.25) is 0 Å². The monoisotopic (exact) mass is 402 g/mol. The molecule has 7 nitrogen and oxygen atoms in total. The van der Waals surface area contributed by atoms with E-state index in [1.165, 1.54) is 45.1 Å². The molecule has 0 bridgehead atoms. The van der Waals surface area contributed by atoms with Crippen molar-refractivity contribution in [2.45, 2.75) is 16.1 Å². The molecule has 0 aliphatic rings. The van der Waals surface area contributed by atoms with Crippen molar-refractivity contribution in [3.8, 4) is 6.07 Å². The highest BCUT2D eigenvalue weighted by atomic mass is 32.2. The number of benzene rings is 1. The molecule has 0 unspecified atom stereocenters. The summed E-state index contributed by atoms with van der Waals surface area (Å²) in [5.41, 5.74) is 1.62. The van der Waals surface area contributed by atoms with Gasteiger partial charge in [0.1, 0.15) is 11.1 Å². The summed E-state index contributed by atoms with van der Waals surface area (Å²) in [7, 11) is 0. The number of hydrogen-bond acceptors (Lipinski definition) is 8. The maximum absolute atomic E-state index is 12.0. The first kappa shape index (κ1) is 18.3. The predicted octanol–water partition coefficient (Wildman–Crippen LogP) is 2.95. The van der Waals surface area contributed by atoms with Crippen LogP contribution in [0.25, 0.3) is 0 Å². The number of carbonyl (C=O) groups excluding carboxylic acids is 1. The van der Waals surface area contributed by atoms with Gasteiger partial charge in [0.25, 0.3) is 0 Å². The summed E-state index contributed by atoms with van der Waals surface area (Å²) in [6.07, 6.45) is 0. The summed E-state index contributed by atoms with van der Waals surface area (Å²) in [5.74, 6) is 6.65. The maximum Gasteiger partial charge on any atom is 0.235 e. The Balaban J connectivity index is 1.53. The molecule has 3 N–H and O–H groups in total. The first-order chi connectivity index (χ1) is 12.7. The molecule has 3 rings (SSSR count). The van der Waals surface area contributed by atoms with Gasteiger partial charge in [0.05, 0.1) is 11.3 Å². The van der Waals surface area contributed by atoms with Crippen molar-refractivity contribution < 1.29 is 4.79 Å². The molecule has 2 heterocycles. The third-order valence-electron chi connectivity index (χ3n) is 3.22. The van der Waals surface area contributed by atoms with Crippen LogP contribution in [0.3, 0.4) is 0 Å². The van der Waals surface area contributed by atoms with E-state index in [0.29, 0.717) is 20.9 Å². The second-order valence-corrected chi connectivity index (χ2v) is 7.82. The van der Waals surface area contributed by atoms with Crippen molar-refractivity contribution in [3.63, 3.8) is 0 Å². The summed E-state index contributed by atoms with van der Waals surface area (Å²) in [4.78, 5) is 12.0. The number of hydrogen-bond donors (Lipinski definition) is 2. The van der Waals surface area contributed by atoms with Crippen molar-refractivity contribution in [2.24, 2.45) is 0 Å². The number of nitrogens with one attached hydrogen (secondary N) is 1. The number of carbonyl (C=O) groups is 1. The topological polar surface area (TPSA) is 110 Å². The molecule has 0 aliphatic carbocycles. The molecule has 26 heavy (non-hydrogen) atoms. The fourth-order valence-electron chi connectivity index (χ4n) is 1.97. The minimum Gasteiger partial charge on any atom is -0.335 e. The van der Waals surface area contributed by atoms with E-state index in [9.17, 15) is 4.79 Å². The summed E-state index contributed by atoms with van der Waals surface area (Å²) in [5, 5.41) is 23.1. The van der Waals surface area contributed by atoms with Crippen LogP contribution in [0.5, 0.6) is 0 Å². The van der Waals surface area contributed by atoms with Crippen LogP contribution < -0.4 is 11.2 Å². The maximum atomic E-state index is 12.0. The number of nitriles is 1. The van der Waals surface area contributed by atoms with Crippen LogP contribution >= 0.6 is 34.9 Å². The van der Waals surface area contributed by atoms with Gasteiger partial charge >= 0.3 is 0 Å². The minimum atomic E-state index is -0.226. The number of rotatable bonds is 7. The molecule has 0 saturated heterocycles. The van der Waals surface area contributed by atoms with Gasteiger partial charge in [0.15, 0.2) is 0 Å². The van der Waals surface area contributed by atoms with Crippen LogP contribution in [0.15, 0.2) is 52.1 Å². The molecule has 1 amide bonds. The Bertz CT molecular complexity index is 931. The van der Waals surface area contributed by atoms with Gasteiger partial charge in [-0.3, -0.25) is 4.79 Å². The highest BCUT2D eigenvalue weighted by molar-refractivity contribution is 8.00. The zero-order chi connectivity index (χ0) is 18.4. The number of anilines is 1. The normalized spacial score (nSPS) is 10.4. The predicted molar refractivity (Wildman–Crippen MR) is 105 cm³/mol. The van der Waals surface area contributed by atoms with Gasteiger partial charge in [0, 0.05) is 5.75 Å². The highest BCUT2D eigenvalue weighted by Gasteiger charge is 2.14. The van der Waals surface area contributed by atoms with E-state index < -0.39 is 0 Å². The molecule has 0 atom stereocenters. The van der Waals surface area contributed by atoms with Gasteiger partial charge in [0.2, 0.25) is 16.2 Å². The van der Waals surface area contributed by atoms with Crippen molar-refractivity contribution in [1.82, 2.24) is 14.9 Å². The molecule has 0 aliphatic heterocycles. The molecular weight excluding hydrogens is 388 g/mol. The Kier molecular flexibility index (Phi) is 6.17. The fraction of sp³-hybridized carbons (Fsp3) is 0.125. The number of nitrogens with zero attached hydrogens (tertiary/aromatic N) is 4. The second-order valence-electron chi connectivity index (χ2n) is 5.02. The minimum absolute atomic E-state index is 0.126. The summed E-state index contributed by atoms with van der Waals surface area (Å²) in [6, 6.07) is 13.7. The number of aromatic nitrogens is 3. The summed E-state index contributed by atoms with van der Waals surface area (Å²) < 4.78 is 1.39. The van der Waals surface area contributed by atoms with E-state index in [-0.39, 0.29) is 11.7 Å². The lowest BCUT2D eigenvalue weighted by atomic mass is 10.2. The lowest BCUT2D eigenvalue weighted by Gasteiger charge is -2.04. The zero-order valence-corrected chi connectivity index (χ0v) is 15.9. The first-order valence-electron chi connectivity index (χ1n) is 7.45. The molecule has 1 aromatic carbocycles. The SMILES string of the molecule is N#Cc1ccsc1NC(=O)CSc1nnc(SCc2ccccc2)n1N. The van der Waals surface area contributed by atoms with E-state index >= 15 is 0 Å². The number of amides is 1. The first-order valence-corrected chi connectivity index (χ1v) is 10.3. The van der Waals surface area contributed by atoms with Gasteiger partial charge in [-0.1, -0.05) is 53.9 Å². The lowest BCUT2D eigenvalue weighted by molar-refractivity contribution is -0.113. The average molecular weight is 403 g/mol. The number of nitrogen functional groups attached to an aromatic ring is 1. The van der Waals surface area contributed by atoms with Crippen LogP contribution in [-0.2, 0) is 10.5 Å². The Morgan fingerprint density at radius 1 is 1.23 bits per heavy atom. The van der Waals surface area contributed by atoms with Gasteiger partial charge in [-0.05, 0) is 17.0 Å². The van der Waals surface area contributed by atoms with Crippen molar-refractivity contribution >= 4 is 45.8 Å². The summed E-state index contributed by atoms with van der Waals surface area (Å²) >= 11 is 3.98. The second kappa shape index (κ2) is 8.75. The van der Waals surface area contributed by atoms with Crippen LogP contribution in [0.4, 0.5) is 5.00 Å². The van der Waals surface area contributed by atoms with Gasteiger partial charge in [-0.15, -0.1) is 21.5 Å². The van der Waals surface area contributed by atoms with E-state index in [2.05, 4.69) is 15.5 Å². The van der Waals surface area contributed by atoms with E-state index in [4.69, 9.17) is 11.1 Å². The molecule has 132 valence electrons. The molecule has 2 aromatic heterocycles. The highest BCUT2D eigenvalue weighted by Crippen LogP contribution is 2.25. The third kappa shape index (κ3) is 4.57. The Hall–Kier alpha value is -2.48. The van der Waals surface area contributed by atoms with Crippen LogP contribution in [-0.4, -0.2) is 26.5 Å². The number of nitrogens with two attached hydrogens (primary N) is 1. The molecule has 0 saturated carbocycles. The Morgan fingerprint density at radius 2 is 1.96 bits per heavy atom. The van der Waals surface area contributed by atoms with Gasteiger partial charge < -0.3 is 11.2 Å². The Morgan fingerprint density at radius 3 is 2.69 bits per heavy atom. The molecular formula is C16H14N6OS3. The largest absolute Gasteiger partial charge is 0.335 e. The zero-order valence-electron chi connectivity index (χ0n) is 13.5. The quantitative estimate of drug-likeness (QED) is 0.462. The van der Waals surface area contributed by atoms with Gasteiger partial charge in [-0.2, -0.15) is 5.26 Å². The molecule has 0 fully saturated rings. The molecule has 0 spiro atoms. The number of thiophene rings is 1. The van der Waals surface area contributed by atoms with Gasteiger partial charge in [-0.25, -0.2) is 4.68 Å². The van der Waals surface area contributed by atoms with Crippen LogP contribution in [0.1, 0.15) is 11.1 Å². The van der Waals surface area contributed by atoms with E-state index in [0.717, 1.165) is 5.75 Å². The van der Waals surface area contributed by atoms with Crippen LogP contribution in [0, 0.1) is 11.3 Å². The van der Waals surface area contributed by atoms with Crippen molar-refractivity contribution in [2.75, 3.05) is 16.9 Å². The Labute approximate surface area is 162 Å². The average Bonchev–Trinajstić information content (AvgIpc) is 3.25. The fourth-order valence-corrected chi connectivity index (χ4v) is 4.25. The van der Waals surface area contributed by atoms with E-state index in [1.54, 1.807) is 11.4 Å². The standard InChI is InChI=1S/C16H14N6OS3/c17-8-12-6-7-24-14(12)19-13(23)10-26-16-21-20-15(22(16)18)25-9-11-4-2-1-3-5-11/h1-7H,9-10,18H2,(H,19,23). The number of thioether (sulfide) groups is 2. The summed E-state index contributed by atoms with van der Waals surface area (Å²) in [6.45, 7) is 0. The van der Waals surface area contributed by atoms with Crippen molar-refractivity contribution in [1.29, 1.82) is 5.26 Å². The molecule has 10 heteroatoms. The molecule has 3 aromatic rings. The van der Waals surface area contributed by atoms with Crippen molar-refractivity contribution in [3.05, 3.63) is 52.9 Å².